The number of carbonyl (C=O) groups excluding carboxylic acids is 2. The number of hydrogen-bond donors (Lipinski definition) is 4. The maximum absolute atomic E-state index is 12.4. The van der Waals surface area contributed by atoms with E-state index in [1.165, 1.54) is 11.8 Å². The first-order chi connectivity index (χ1) is 14.6. The highest BCUT2D eigenvalue weighted by atomic mass is 32.2. The van der Waals surface area contributed by atoms with Crippen LogP contribution in [-0.2, 0) is 14.3 Å². The fourth-order valence-corrected chi connectivity index (χ4v) is 4.51. The van der Waals surface area contributed by atoms with E-state index in [2.05, 4.69) is 9.97 Å². The highest BCUT2D eigenvalue weighted by molar-refractivity contribution is 7.98. The Balaban J connectivity index is 1.48. The van der Waals surface area contributed by atoms with E-state index in [9.17, 15) is 24.9 Å². The van der Waals surface area contributed by atoms with Crippen molar-refractivity contribution < 1.29 is 34.4 Å². The van der Waals surface area contributed by atoms with Crippen molar-refractivity contribution in [2.45, 2.75) is 81.8 Å². The van der Waals surface area contributed by atoms with Gasteiger partial charge in [-0.15, -0.1) is 0 Å². The van der Waals surface area contributed by atoms with Crippen LogP contribution in [0.25, 0.3) is 0 Å². The molecular weight excluding hydrogens is 424 g/mol. The lowest BCUT2D eigenvalue weighted by molar-refractivity contribution is -0.170. The van der Waals surface area contributed by atoms with Crippen LogP contribution in [0.2, 0.25) is 0 Å². The molecule has 1 aromatic rings. The van der Waals surface area contributed by atoms with Crippen LogP contribution in [0.3, 0.4) is 0 Å². The molecule has 4 N–H and O–H groups in total. The number of aliphatic hydroxyl groups excluding tert-OH is 3. The van der Waals surface area contributed by atoms with Crippen LogP contribution in [0.1, 0.15) is 49.3 Å². The quantitative estimate of drug-likeness (QED) is 0.174. The molecule has 2 saturated heterocycles. The van der Waals surface area contributed by atoms with E-state index in [0.717, 1.165) is 0 Å². The average Bonchev–Trinajstić information content (AvgIpc) is 3.38. The monoisotopic (exact) mass is 456 g/mol. The molecule has 0 aliphatic carbocycles. The third-order valence-corrected chi connectivity index (χ3v) is 6.85. The first-order valence-electron chi connectivity index (χ1n) is 10.6. The Morgan fingerprint density at radius 3 is 2.58 bits per heavy atom. The Morgan fingerprint density at radius 2 is 1.97 bits per heavy atom. The lowest BCUT2D eigenvalue weighted by Gasteiger charge is -2.37. The number of H-pyrrole nitrogens is 1. The first-order valence-corrected chi connectivity index (χ1v) is 11.8. The summed E-state index contributed by atoms with van der Waals surface area (Å²) in [5.41, 5.74) is 0.871. The Hall–Kier alpha value is -1.30. The normalized spacial score (nSPS) is 32.5. The Morgan fingerprint density at radius 1 is 1.26 bits per heavy atom. The van der Waals surface area contributed by atoms with Gasteiger partial charge < -0.3 is 29.8 Å². The number of nitrogens with zero attached hydrogens (tertiary/aromatic N) is 1. The Bertz CT molecular complexity index is 799. The van der Waals surface area contributed by atoms with Crippen LogP contribution in [0.5, 0.6) is 0 Å². The van der Waals surface area contributed by atoms with Gasteiger partial charge in [-0.2, -0.15) is 0 Å². The van der Waals surface area contributed by atoms with Crippen molar-refractivity contribution in [3.05, 3.63) is 11.4 Å². The zero-order chi connectivity index (χ0) is 22.9. The molecule has 8 atom stereocenters. The average molecular weight is 457 g/mol. The number of hydrogen-bond acceptors (Lipinski definition) is 9. The van der Waals surface area contributed by atoms with Gasteiger partial charge in [0.2, 0.25) is 0 Å². The second-order valence-electron chi connectivity index (χ2n) is 8.65. The smallest absolute Gasteiger partial charge is 0.190 e. The number of rotatable bonds is 10. The van der Waals surface area contributed by atoms with Crippen LogP contribution in [0, 0.1) is 18.8 Å². The number of epoxide rings is 1. The summed E-state index contributed by atoms with van der Waals surface area (Å²) in [6.45, 7) is 5.46. The molecule has 9 nitrogen and oxygen atoms in total. The number of thioether (sulfide) groups is 1. The second kappa shape index (κ2) is 10.1. The fourth-order valence-electron chi connectivity index (χ4n) is 4.07. The molecule has 0 bridgehead atoms. The molecule has 0 spiro atoms. The summed E-state index contributed by atoms with van der Waals surface area (Å²) in [6.07, 6.45) is -1.70. The lowest BCUT2D eigenvalue weighted by atomic mass is 9.85. The summed E-state index contributed by atoms with van der Waals surface area (Å²) >= 11 is 1.38. The van der Waals surface area contributed by atoms with Crippen LogP contribution in [-0.4, -0.2) is 86.3 Å². The first kappa shape index (κ1) is 24.3. The van der Waals surface area contributed by atoms with Gasteiger partial charge in [-0.1, -0.05) is 18.7 Å². The highest BCUT2D eigenvalue weighted by Crippen LogP contribution is 2.37. The van der Waals surface area contributed by atoms with Gasteiger partial charge in [0.15, 0.2) is 10.9 Å². The summed E-state index contributed by atoms with van der Waals surface area (Å²) < 4.78 is 11.3. The van der Waals surface area contributed by atoms with Gasteiger partial charge in [0.1, 0.15) is 17.6 Å². The van der Waals surface area contributed by atoms with Gasteiger partial charge in [0.25, 0.3) is 0 Å². The minimum absolute atomic E-state index is 0.0243. The molecule has 31 heavy (non-hydrogen) atoms. The molecule has 10 heteroatoms. The number of ketones is 2. The van der Waals surface area contributed by atoms with Crippen LogP contribution < -0.4 is 0 Å². The number of aliphatic hydroxyl groups is 3. The molecule has 0 aromatic carbocycles. The molecule has 174 valence electrons. The summed E-state index contributed by atoms with van der Waals surface area (Å²) in [5, 5.41) is 31.3. The number of ether oxygens (including phenoxy) is 2. The van der Waals surface area contributed by atoms with Crippen molar-refractivity contribution in [1.29, 1.82) is 0 Å². The lowest BCUT2D eigenvalue weighted by Crippen LogP contribution is -2.51. The predicted octanol–water partition coefficient (Wildman–Crippen LogP) is 0.883. The standard InChI is InChI=1S/C21H32N2O7S/c1-9(11(3)24)20-16(30-20)7-15-19(28)18(27)12(8-29-15)5-13(25)6-14(26)17-10(2)22-21(23-17)31-4/h9,11-12,15-16,18-20,24,27-28H,5-8H2,1-4H3,(H,22,23)/t9-,11-,12-,15-,16-,18+,19-,20-/m0/s1. The van der Waals surface area contributed by atoms with E-state index >= 15 is 0 Å². The molecular formula is C21H32N2O7S. The number of Topliss-reactive ketones (excluding diaryl/α,β-unsaturated/α-hetero) is 2. The molecule has 2 aliphatic rings. The topological polar surface area (TPSA) is 145 Å². The van der Waals surface area contributed by atoms with Gasteiger partial charge in [0, 0.05) is 30.4 Å². The minimum Gasteiger partial charge on any atom is -0.393 e. The molecule has 1 aromatic heterocycles. The van der Waals surface area contributed by atoms with Crippen molar-refractivity contribution >= 4 is 23.3 Å². The SMILES string of the molecule is CSc1nc(C(=O)CC(=O)C[C@H]2CO[C@@H](C[C@@H]3O[C@H]3[C@@H](C)[C@H](C)O)[C@H](O)[C@@H]2O)c(C)[nH]1. The second-order valence-corrected chi connectivity index (χ2v) is 9.45. The zero-order valence-electron chi connectivity index (χ0n) is 18.3. The zero-order valence-corrected chi connectivity index (χ0v) is 19.1. The predicted molar refractivity (Wildman–Crippen MR) is 113 cm³/mol. The molecule has 0 amide bonds. The van der Waals surface area contributed by atoms with E-state index < -0.39 is 30.3 Å². The van der Waals surface area contributed by atoms with Gasteiger partial charge >= 0.3 is 0 Å². The number of carbonyl (C=O) groups is 2. The molecule has 0 radical (unpaired) electrons. The molecule has 2 aliphatic heterocycles. The Labute approximate surface area is 185 Å². The maximum Gasteiger partial charge on any atom is 0.190 e. The number of aryl methyl sites for hydroxylation is 1. The Kier molecular flexibility index (Phi) is 7.93. The minimum atomic E-state index is -1.15. The summed E-state index contributed by atoms with van der Waals surface area (Å²) in [5.74, 6) is -1.30. The van der Waals surface area contributed by atoms with Crippen molar-refractivity contribution in [3.63, 3.8) is 0 Å². The molecule has 0 unspecified atom stereocenters. The summed E-state index contributed by atoms with van der Waals surface area (Å²) in [7, 11) is 0. The van der Waals surface area contributed by atoms with Crippen molar-refractivity contribution in [1.82, 2.24) is 9.97 Å². The summed E-state index contributed by atoms with van der Waals surface area (Å²) in [6, 6.07) is 0. The maximum atomic E-state index is 12.4. The van der Waals surface area contributed by atoms with Crippen molar-refractivity contribution in [3.8, 4) is 0 Å². The molecule has 2 fully saturated rings. The molecule has 0 saturated carbocycles. The van der Waals surface area contributed by atoms with Gasteiger partial charge in [-0.25, -0.2) is 4.98 Å². The van der Waals surface area contributed by atoms with E-state index in [4.69, 9.17) is 9.47 Å². The summed E-state index contributed by atoms with van der Waals surface area (Å²) in [4.78, 5) is 32.0. The number of aromatic nitrogens is 2. The fraction of sp³-hybridized carbons (Fsp3) is 0.762. The molecule has 3 heterocycles. The molecule has 3 rings (SSSR count). The third kappa shape index (κ3) is 5.74. The van der Waals surface area contributed by atoms with E-state index in [0.29, 0.717) is 17.3 Å². The highest BCUT2D eigenvalue weighted by Gasteiger charge is 2.48. The number of aromatic amines is 1. The van der Waals surface area contributed by atoms with Crippen LogP contribution in [0.15, 0.2) is 5.16 Å². The van der Waals surface area contributed by atoms with E-state index in [1.807, 2.05) is 13.2 Å². The van der Waals surface area contributed by atoms with Crippen LogP contribution >= 0.6 is 11.8 Å². The van der Waals surface area contributed by atoms with Crippen molar-refractivity contribution in [2.75, 3.05) is 12.9 Å². The third-order valence-electron chi connectivity index (χ3n) is 6.27. The van der Waals surface area contributed by atoms with Gasteiger partial charge in [-0.3, -0.25) is 9.59 Å². The number of imidazole rings is 1. The van der Waals surface area contributed by atoms with Crippen LogP contribution in [0.4, 0.5) is 0 Å². The van der Waals surface area contributed by atoms with E-state index in [1.54, 1.807) is 13.8 Å². The van der Waals surface area contributed by atoms with Gasteiger partial charge in [0.05, 0.1) is 43.5 Å². The number of nitrogens with one attached hydrogen (secondary N) is 1. The van der Waals surface area contributed by atoms with Crippen molar-refractivity contribution in [2.24, 2.45) is 11.8 Å². The largest absolute Gasteiger partial charge is 0.393 e. The van der Waals surface area contributed by atoms with Gasteiger partial charge in [-0.05, 0) is 20.1 Å². The van der Waals surface area contributed by atoms with E-state index in [-0.39, 0.29) is 54.8 Å².